The standard InChI is InChI=1S/C18H11BrCl2N2O4/c19-12-1-4-16(27-9-17(24)25)10(6-12)5-11(8-22)18(26)23-13-2-3-14(20)15(21)7-13/h1-7H,9H2,(H,23,26)(H,24,25)/b11-5+. The van der Waals surface area contributed by atoms with Gasteiger partial charge in [-0.1, -0.05) is 39.1 Å². The van der Waals surface area contributed by atoms with Crippen LogP contribution in [0.4, 0.5) is 5.69 Å². The molecule has 0 saturated carbocycles. The normalized spacial score (nSPS) is 10.8. The van der Waals surface area contributed by atoms with Gasteiger partial charge in [0.05, 0.1) is 10.0 Å². The Morgan fingerprint density at radius 1 is 1.22 bits per heavy atom. The number of carboxylic acid groups (broad SMARTS) is 1. The number of carbonyl (C=O) groups excluding carboxylic acids is 1. The maximum Gasteiger partial charge on any atom is 0.341 e. The van der Waals surface area contributed by atoms with Crippen LogP contribution in [0.3, 0.4) is 0 Å². The van der Waals surface area contributed by atoms with Crippen LogP contribution in [-0.4, -0.2) is 23.6 Å². The Hall–Kier alpha value is -2.53. The van der Waals surface area contributed by atoms with Crippen molar-refractivity contribution in [3.63, 3.8) is 0 Å². The van der Waals surface area contributed by atoms with Gasteiger partial charge in [0.25, 0.3) is 5.91 Å². The molecule has 2 rings (SSSR count). The molecule has 0 atom stereocenters. The van der Waals surface area contributed by atoms with Crippen LogP contribution in [0.1, 0.15) is 5.56 Å². The van der Waals surface area contributed by atoms with Crippen molar-refractivity contribution in [1.29, 1.82) is 5.26 Å². The van der Waals surface area contributed by atoms with Crippen LogP contribution >= 0.6 is 39.1 Å². The number of carboxylic acids is 1. The summed E-state index contributed by atoms with van der Waals surface area (Å²) in [5.74, 6) is -1.60. The lowest BCUT2D eigenvalue weighted by Crippen LogP contribution is -2.14. The van der Waals surface area contributed by atoms with Crippen LogP contribution < -0.4 is 10.1 Å². The average molecular weight is 470 g/mol. The van der Waals surface area contributed by atoms with Gasteiger partial charge in [-0.3, -0.25) is 4.79 Å². The van der Waals surface area contributed by atoms with Gasteiger partial charge in [-0.2, -0.15) is 5.26 Å². The van der Waals surface area contributed by atoms with Gasteiger partial charge in [0.1, 0.15) is 17.4 Å². The van der Waals surface area contributed by atoms with E-state index in [0.717, 1.165) is 0 Å². The van der Waals surface area contributed by atoms with Gasteiger partial charge in [-0.15, -0.1) is 0 Å². The second-order valence-corrected chi connectivity index (χ2v) is 6.85. The van der Waals surface area contributed by atoms with Crippen LogP contribution in [0.15, 0.2) is 46.4 Å². The summed E-state index contributed by atoms with van der Waals surface area (Å²) in [6.45, 7) is -0.556. The summed E-state index contributed by atoms with van der Waals surface area (Å²) < 4.78 is 5.85. The van der Waals surface area contributed by atoms with Crippen molar-refractivity contribution >= 4 is 62.8 Å². The second kappa shape index (κ2) is 9.42. The summed E-state index contributed by atoms with van der Waals surface area (Å²) in [5.41, 5.74) is 0.526. The van der Waals surface area contributed by atoms with E-state index in [1.165, 1.54) is 24.3 Å². The molecule has 27 heavy (non-hydrogen) atoms. The number of nitrogens with zero attached hydrogens (tertiary/aromatic N) is 1. The number of rotatable bonds is 6. The lowest BCUT2D eigenvalue weighted by molar-refractivity contribution is -0.139. The molecule has 0 aliphatic carbocycles. The zero-order chi connectivity index (χ0) is 20.0. The molecule has 9 heteroatoms. The fourth-order valence-electron chi connectivity index (χ4n) is 1.98. The molecule has 2 aromatic carbocycles. The third kappa shape index (κ3) is 6.00. The summed E-state index contributed by atoms with van der Waals surface area (Å²) in [5, 5.41) is 21.2. The first kappa shape index (κ1) is 20.8. The number of benzene rings is 2. The van der Waals surface area contributed by atoms with E-state index in [0.29, 0.717) is 20.7 Å². The van der Waals surface area contributed by atoms with Crippen LogP contribution in [0.2, 0.25) is 10.0 Å². The highest BCUT2D eigenvalue weighted by molar-refractivity contribution is 9.10. The molecule has 1 amide bonds. The Labute approximate surface area is 173 Å². The van der Waals surface area contributed by atoms with Gasteiger partial charge in [-0.25, -0.2) is 4.79 Å². The Kier molecular flexibility index (Phi) is 7.25. The molecule has 0 aliphatic heterocycles. The zero-order valence-corrected chi connectivity index (χ0v) is 16.6. The highest BCUT2D eigenvalue weighted by atomic mass is 79.9. The number of anilines is 1. The lowest BCUT2D eigenvalue weighted by Gasteiger charge is -2.09. The average Bonchev–Trinajstić information content (AvgIpc) is 2.61. The summed E-state index contributed by atoms with van der Waals surface area (Å²) in [7, 11) is 0. The number of ether oxygens (including phenoxy) is 1. The third-order valence-electron chi connectivity index (χ3n) is 3.17. The Bertz CT molecular complexity index is 970. The first-order valence-electron chi connectivity index (χ1n) is 7.32. The van der Waals surface area contributed by atoms with E-state index in [2.05, 4.69) is 21.2 Å². The third-order valence-corrected chi connectivity index (χ3v) is 4.40. The number of hydrogen-bond donors (Lipinski definition) is 2. The van der Waals surface area contributed by atoms with E-state index in [1.54, 1.807) is 18.2 Å². The number of nitrogens with one attached hydrogen (secondary N) is 1. The minimum absolute atomic E-state index is 0.209. The van der Waals surface area contributed by atoms with Gasteiger partial charge in [-0.05, 0) is 42.5 Å². The van der Waals surface area contributed by atoms with Gasteiger partial charge in [0, 0.05) is 15.7 Å². The number of aliphatic carboxylic acids is 1. The summed E-state index contributed by atoms with van der Waals surface area (Å²) in [4.78, 5) is 23.1. The van der Waals surface area contributed by atoms with Crippen molar-refractivity contribution in [1.82, 2.24) is 0 Å². The molecule has 0 spiro atoms. The van der Waals surface area contributed by atoms with Gasteiger partial charge in [0.2, 0.25) is 0 Å². The number of amides is 1. The van der Waals surface area contributed by atoms with Crippen LogP contribution in [0, 0.1) is 11.3 Å². The smallest absolute Gasteiger partial charge is 0.341 e. The fourth-order valence-corrected chi connectivity index (χ4v) is 2.66. The highest BCUT2D eigenvalue weighted by Crippen LogP contribution is 2.27. The SMILES string of the molecule is N#C/C(=C\c1cc(Br)ccc1OCC(=O)O)C(=O)Nc1ccc(Cl)c(Cl)c1. The molecule has 0 saturated heterocycles. The fraction of sp³-hybridized carbons (Fsp3) is 0.0556. The van der Waals surface area contributed by atoms with Crippen molar-refractivity contribution in [3.05, 3.63) is 62.1 Å². The molecule has 2 aromatic rings. The number of halogens is 3. The highest BCUT2D eigenvalue weighted by Gasteiger charge is 2.13. The molecule has 6 nitrogen and oxygen atoms in total. The van der Waals surface area contributed by atoms with Crippen LogP contribution in [0.5, 0.6) is 5.75 Å². The van der Waals surface area contributed by atoms with E-state index in [1.807, 2.05) is 6.07 Å². The van der Waals surface area contributed by atoms with E-state index in [-0.39, 0.29) is 16.3 Å². The predicted octanol–water partition coefficient (Wildman–Crippen LogP) is 4.76. The number of carbonyl (C=O) groups is 2. The van der Waals surface area contributed by atoms with Crippen molar-refractivity contribution in [2.75, 3.05) is 11.9 Å². The molecule has 2 N–H and O–H groups in total. The Morgan fingerprint density at radius 2 is 1.96 bits per heavy atom. The first-order chi connectivity index (χ1) is 12.8. The molecule has 0 bridgehead atoms. The molecule has 138 valence electrons. The molecule has 0 radical (unpaired) electrons. The number of nitriles is 1. The van der Waals surface area contributed by atoms with E-state index in [4.69, 9.17) is 33.0 Å². The Balaban J connectivity index is 2.30. The van der Waals surface area contributed by atoms with Gasteiger partial charge >= 0.3 is 5.97 Å². The summed E-state index contributed by atoms with van der Waals surface area (Å²) in [6, 6.07) is 11.1. The summed E-state index contributed by atoms with van der Waals surface area (Å²) >= 11 is 15.0. The summed E-state index contributed by atoms with van der Waals surface area (Å²) in [6.07, 6.45) is 1.30. The van der Waals surface area contributed by atoms with E-state index < -0.39 is 18.5 Å². The lowest BCUT2D eigenvalue weighted by atomic mass is 10.1. The quantitative estimate of drug-likeness (QED) is 0.469. The van der Waals surface area contributed by atoms with Gasteiger partial charge in [0.15, 0.2) is 6.61 Å². The molecule has 0 aromatic heterocycles. The molecule has 0 fully saturated rings. The Morgan fingerprint density at radius 3 is 2.59 bits per heavy atom. The van der Waals surface area contributed by atoms with Gasteiger partial charge < -0.3 is 15.2 Å². The molecule has 0 aliphatic rings. The maximum atomic E-state index is 12.4. The van der Waals surface area contributed by atoms with Crippen molar-refractivity contribution in [2.45, 2.75) is 0 Å². The topological polar surface area (TPSA) is 99.4 Å². The minimum atomic E-state index is -1.15. The molecular weight excluding hydrogens is 459 g/mol. The van der Waals surface area contributed by atoms with Crippen molar-refractivity contribution in [2.24, 2.45) is 0 Å². The van der Waals surface area contributed by atoms with Crippen LogP contribution in [-0.2, 0) is 9.59 Å². The molecule has 0 unspecified atom stereocenters. The van der Waals surface area contributed by atoms with Crippen molar-refractivity contribution in [3.8, 4) is 11.8 Å². The van der Waals surface area contributed by atoms with Crippen molar-refractivity contribution < 1.29 is 19.4 Å². The second-order valence-electron chi connectivity index (χ2n) is 5.12. The van der Waals surface area contributed by atoms with E-state index in [9.17, 15) is 14.9 Å². The first-order valence-corrected chi connectivity index (χ1v) is 8.87. The molecule has 0 heterocycles. The van der Waals surface area contributed by atoms with Crippen LogP contribution in [0.25, 0.3) is 6.08 Å². The number of hydrogen-bond acceptors (Lipinski definition) is 4. The monoisotopic (exact) mass is 468 g/mol. The predicted molar refractivity (Wildman–Crippen MR) is 106 cm³/mol. The maximum absolute atomic E-state index is 12.4. The van der Waals surface area contributed by atoms with E-state index >= 15 is 0 Å². The molecular formula is C18H11BrCl2N2O4. The largest absolute Gasteiger partial charge is 0.481 e. The zero-order valence-electron chi connectivity index (χ0n) is 13.5. The minimum Gasteiger partial charge on any atom is -0.481 e.